The molecule has 0 aromatic carbocycles. The molecular formula is C11H20N2O4. The van der Waals surface area contributed by atoms with Gasteiger partial charge in [-0.25, -0.2) is 4.79 Å². The predicted octanol–water partition coefficient (Wildman–Crippen LogP) is 2.05. The second kappa shape index (κ2) is 5.33. The van der Waals surface area contributed by atoms with Crippen molar-refractivity contribution >= 4 is 6.09 Å². The summed E-state index contributed by atoms with van der Waals surface area (Å²) in [5.74, 6) is 0. The van der Waals surface area contributed by atoms with E-state index in [0.717, 1.165) is 12.8 Å². The van der Waals surface area contributed by atoms with Crippen molar-refractivity contribution in [3.63, 3.8) is 0 Å². The summed E-state index contributed by atoms with van der Waals surface area (Å²) < 4.78 is 5.28. The third-order valence-electron chi connectivity index (χ3n) is 2.65. The molecule has 0 saturated carbocycles. The number of nitrogens with zero attached hydrogens (tertiary/aromatic N) is 2. The van der Waals surface area contributed by atoms with Gasteiger partial charge in [0, 0.05) is 23.9 Å². The van der Waals surface area contributed by atoms with Crippen LogP contribution < -0.4 is 0 Å². The van der Waals surface area contributed by atoms with E-state index < -0.39 is 5.60 Å². The molecule has 1 heterocycles. The minimum atomic E-state index is -0.521. The van der Waals surface area contributed by atoms with Gasteiger partial charge in [0.05, 0.1) is 0 Å². The number of likely N-dealkylation sites (tertiary alicyclic amines) is 1. The van der Waals surface area contributed by atoms with Crippen molar-refractivity contribution in [2.75, 3.05) is 13.1 Å². The maximum Gasteiger partial charge on any atom is 0.410 e. The fourth-order valence-electron chi connectivity index (χ4n) is 1.95. The Morgan fingerprint density at radius 1 is 1.53 bits per heavy atom. The summed E-state index contributed by atoms with van der Waals surface area (Å²) in [6.07, 6.45) is 1.77. The number of amides is 1. The minimum absolute atomic E-state index is 0.0461. The summed E-state index contributed by atoms with van der Waals surface area (Å²) in [5, 5.41) is 10.3. The van der Waals surface area contributed by atoms with E-state index in [1.165, 1.54) is 0 Å². The van der Waals surface area contributed by atoms with Crippen LogP contribution in [0.15, 0.2) is 0 Å². The van der Waals surface area contributed by atoms with Crippen molar-refractivity contribution < 1.29 is 14.5 Å². The maximum absolute atomic E-state index is 11.8. The van der Waals surface area contributed by atoms with Crippen LogP contribution in [0.3, 0.4) is 0 Å². The van der Waals surface area contributed by atoms with Gasteiger partial charge in [-0.15, -0.1) is 0 Å². The first-order valence-electron chi connectivity index (χ1n) is 5.91. The van der Waals surface area contributed by atoms with Crippen LogP contribution in [0.25, 0.3) is 0 Å². The summed E-state index contributed by atoms with van der Waals surface area (Å²) in [6, 6.07) is -0.0461. The zero-order valence-corrected chi connectivity index (χ0v) is 10.6. The van der Waals surface area contributed by atoms with Crippen LogP contribution in [0.1, 0.15) is 40.0 Å². The highest BCUT2D eigenvalue weighted by Crippen LogP contribution is 2.22. The van der Waals surface area contributed by atoms with Gasteiger partial charge in [-0.05, 0) is 33.6 Å². The Kier molecular flexibility index (Phi) is 4.31. The van der Waals surface area contributed by atoms with Crippen molar-refractivity contribution in [1.29, 1.82) is 0 Å². The van der Waals surface area contributed by atoms with Gasteiger partial charge < -0.3 is 9.64 Å². The molecule has 1 aliphatic rings. The standard InChI is InChI=1S/C11H20N2O4/c1-11(2,3)17-10(14)12-7-4-5-9(12)6-8-13(15)16/h9H,4-8H2,1-3H3/t9-/m0/s1. The molecule has 1 saturated heterocycles. The molecule has 1 aliphatic heterocycles. The van der Waals surface area contributed by atoms with Crippen LogP contribution in [0.2, 0.25) is 0 Å². The van der Waals surface area contributed by atoms with Gasteiger partial charge in [0.25, 0.3) is 0 Å². The van der Waals surface area contributed by atoms with Crippen molar-refractivity contribution in [2.24, 2.45) is 0 Å². The predicted molar refractivity (Wildman–Crippen MR) is 62.4 cm³/mol. The SMILES string of the molecule is CC(C)(C)OC(=O)N1CCC[C@H]1CC[N+](=O)[O-]. The van der Waals surface area contributed by atoms with E-state index in [2.05, 4.69) is 0 Å². The molecule has 0 N–H and O–H groups in total. The first-order valence-corrected chi connectivity index (χ1v) is 5.91. The number of carbonyl (C=O) groups is 1. The van der Waals surface area contributed by atoms with E-state index >= 15 is 0 Å². The number of nitro groups is 1. The highest BCUT2D eigenvalue weighted by atomic mass is 16.6. The zero-order valence-electron chi connectivity index (χ0n) is 10.6. The third-order valence-corrected chi connectivity index (χ3v) is 2.65. The maximum atomic E-state index is 11.8. The molecule has 0 radical (unpaired) electrons. The molecule has 0 unspecified atom stereocenters. The van der Waals surface area contributed by atoms with Crippen LogP contribution in [0, 0.1) is 10.1 Å². The van der Waals surface area contributed by atoms with Gasteiger partial charge in [0.1, 0.15) is 5.60 Å². The Bertz CT molecular complexity index is 298. The van der Waals surface area contributed by atoms with Gasteiger partial charge in [-0.1, -0.05) is 0 Å². The van der Waals surface area contributed by atoms with Crippen molar-refractivity contribution in [3.05, 3.63) is 10.1 Å². The van der Waals surface area contributed by atoms with Crippen LogP contribution in [-0.2, 0) is 4.74 Å². The minimum Gasteiger partial charge on any atom is -0.444 e. The number of hydrogen-bond acceptors (Lipinski definition) is 4. The van der Waals surface area contributed by atoms with E-state index in [1.54, 1.807) is 4.90 Å². The fraction of sp³-hybridized carbons (Fsp3) is 0.909. The average molecular weight is 244 g/mol. The van der Waals surface area contributed by atoms with Gasteiger partial charge >= 0.3 is 6.09 Å². The van der Waals surface area contributed by atoms with Crippen LogP contribution in [0.5, 0.6) is 0 Å². The lowest BCUT2D eigenvalue weighted by molar-refractivity contribution is -0.481. The molecule has 0 spiro atoms. The summed E-state index contributed by atoms with van der Waals surface area (Å²) in [5.41, 5.74) is -0.521. The van der Waals surface area contributed by atoms with Crippen LogP contribution in [0.4, 0.5) is 4.79 Å². The summed E-state index contributed by atoms with van der Waals surface area (Å²) in [4.78, 5) is 23.5. The molecule has 6 heteroatoms. The largest absolute Gasteiger partial charge is 0.444 e. The normalized spacial score (nSPS) is 20.4. The lowest BCUT2D eigenvalue weighted by Crippen LogP contribution is -2.40. The van der Waals surface area contributed by atoms with Crippen molar-refractivity contribution in [2.45, 2.75) is 51.7 Å². The molecule has 1 fully saturated rings. The van der Waals surface area contributed by atoms with E-state index in [4.69, 9.17) is 4.74 Å². The highest BCUT2D eigenvalue weighted by Gasteiger charge is 2.32. The second-order valence-electron chi connectivity index (χ2n) is 5.31. The van der Waals surface area contributed by atoms with Crippen LogP contribution >= 0.6 is 0 Å². The Morgan fingerprint density at radius 2 is 2.18 bits per heavy atom. The smallest absolute Gasteiger partial charge is 0.410 e. The highest BCUT2D eigenvalue weighted by molar-refractivity contribution is 5.68. The molecule has 1 amide bonds. The molecular weight excluding hydrogens is 224 g/mol. The summed E-state index contributed by atoms with van der Waals surface area (Å²) in [7, 11) is 0. The fourth-order valence-corrected chi connectivity index (χ4v) is 1.95. The lowest BCUT2D eigenvalue weighted by atomic mass is 10.1. The third kappa shape index (κ3) is 4.58. The van der Waals surface area contributed by atoms with Gasteiger partial charge in [0.15, 0.2) is 0 Å². The van der Waals surface area contributed by atoms with E-state index in [-0.39, 0.29) is 23.6 Å². The molecule has 6 nitrogen and oxygen atoms in total. The number of hydrogen-bond donors (Lipinski definition) is 0. The molecule has 0 aromatic heterocycles. The topological polar surface area (TPSA) is 72.7 Å². The van der Waals surface area contributed by atoms with E-state index in [1.807, 2.05) is 20.8 Å². The number of carbonyl (C=O) groups excluding carboxylic acids is 1. The average Bonchev–Trinajstić information content (AvgIpc) is 2.59. The molecule has 0 bridgehead atoms. The Hall–Kier alpha value is -1.33. The molecule has 1 rings (SSSR count). The lowest BCUT2D eigenvalue weighted by Gasteiger charge is -2.28. The van der Waals surface area contributed by atoms with Crippen molar-refractivity contribution in [3.8, 4) is 0 Å². The number of rotatable bonds is 3. The summed E-state index contributed by atoms with van der Waals surface area (Å²) in [6.45, 7) is 5.98. The second-order valence-corrected chi connectivity index (χ2v) is 5.31. The monoisotopic (exact) mass is 244 g/mol. The van der Waals surface area contributed by atoms with E-state index in [0.29, 0.717) is 13.0 Å². The van der Waals surface area contributed by atoms with E-state index in [9.17, 15) is 14.9 Å². The Balaban J connectivity index is 2.51. The van der Waals surface area contributed by atoms with Gasteiger partial charge in [0.2, 0.25) is 6.54 Å². The molecule has 98 valence electrons. The summed E-state index contributed by atoms with van der Waals surface area (Å²) >= 11 is 0. The Labute approximate surface area is 101 Å². The molecule has 0 aromatic rings. The van der Waals surface area contributed by atoms with Gasteiger partial charge in [-0.2, -0.15) is 0 Å². The quantitative estimate of drug-likeness (QED) is 0.562. The molecule has 0 aliphatic carbocycles. The Morgan fingerprint density at radius 3 is 2.71 bits per heavy atom. The zero-order chi connectivity index (χ0) is 13.1. The first kappa shape index (κ1) is 13.7. The molecule has 1 atom stereocenters. The molecule has 17 heavy (non-hydrogen) atoms. The van der Waals surface area contributed by atoms with Crippen molar-refractivity contribution in [1.82, 2.24) is 4.90 Å². The van der Waals surface area contributed by atoms with Gasteiger partial charge in [-0.3, -0.25) is 10.1 Å². The van der Waals surface area contributed by atoms with Crippen LogP contribution in [-0.4, -0.2) is 40.6 Å². The number of ether oxygens (including phenoxy) is 1. The first-order chi connectivity index (χ1) is 7.79.